The quantitative estimate of drug-likeness (QED) is 0.662. The highest BCUT2D eigenvalue weighted by molar-refractivity contribution is 5.89. The van der Waals surface area contributed by atoms with Gasteiger partial charge >= 0.3 is 5.97 Å². The molecule has 0 saturated heterocycles. The smallest absolute Gasteiger partial charge is 0.338 e. The van der Waals surface area contributed by atoms with Gasteiger partial charge in [0.05, 0.1) is 17.4 Å². The summed E-state index contributed by atoms with van der Waals surface area (Å²) in [7, 11) is 0. The summed E-state index contributed by atoms with van der Waals surface area (Å²) in [6, 6.07) is 5.48. The van der Waals surface area contributed by atoms with Crippen LogP contribution in [0.25, 0.3) is 5.57 Å². The number of fused-ring (bicyclic) bond motifs is 1. The highest BCUT2D eigenvalue weighted by Crippen LogP contribution is 2.00. The van der Waals surface area contributed by atoms with Gasteiger partial charge in [0.15, 0.2) is 0 Å². The molecule has 0 atom stereocenters. The van der Waals surface area contributed by atoms with Gasteiger partial charge in [-0.1, -0.05) is 0 Å². The molecule has 1 aromatic rings. The van der Waals surface area contributed by atoms with E-state index in [0.717, 1.165) is 21.8 Å². The van der Waals surface area contributed by atoms with E-state index in [2.05, 4.69) is 11.6 Å². The van der Waals surface area contributed by atoms with Crippen LogP contribution in [-0.4, -0.2) is 12.6 Å². The number of esters is 1. The number of hydrogen-bond acceptors (Lipinski definition) is 2. The molecular formula is C13H14NO2+. The molecule has 1 aliphatic rings. The lowest BCUT2D eigenvalue weighted by atomic mass is 10.1. The summed E-state index contributed by atoms with van der Waals surface area (Å²) < 4.78 is 4.96. The summed E-state index contributed by atoms with van der Waals surface area (Å²) in [4.78, 5) is 14.7. The minimum atomic E-state index is -0.282. The van der Waals surface area contributed by atoms with Crippen LogP contribution in [0.2, 0.25) is 0 Å². The van der Waals surface area contributed by atoms with E-state index in [-0.39, 0.29) is 5.97 Å². The van der Waals surface area contributed by atoms with Gasteiger partial charge in [-0.3, -0.25) is 0 Å². The third kappa shape index (κ3) is 1.65. The van der Waals surface area contributed by atoms with E-state index in [4.69, 9.17) is 4.74 Å². The Morgan fingerprint density at radius 3 is 2.94 bits per heavy atom. The van der Waals surface area contributed by atoms with Crippen molar-refractivity contribution in [2.45, 2.75) is 13.8 Å². The molecule has 0 radical (unpaired) electrons. The predicted octanol–water partition coefficient (Wildman–Crippen LogP) is -0.739. The summed E-state index contributed by atoms with van der Waals surface area (Å²) in [6.07, 6.45) is 0. The lowest BCUT2D eigenvalue weighted by Crippen LogP contribution is -2.73. The zero-order valence-corrected chi connectivity index (χ0v) is 9.46. The van der Waals surface area contributed by atoms with Crippen LogP contribution in [0.1, 0.15) is 24.2 Å². The molecule has 1 N–H and O–H groups in total. The Labute approximate surface area is 93.8 Å². The summed E-state index contributed by atoms with van der Waals surface area (Å²) in [6.45, 7) is 8.07. The van der Waals surface area contributed by atoms with Crippen LogP contribution >= 0.6 is 0 Å². The van der Waals surface area contributed by atoms with E-state index in [1.807, 2.05) is 19.1 Å². The van der Waals surface area contributed by atoms with Gasteiger partial charge in [-0.2, -0.15) is 0 Å². The third-order valence-corrected chi connectivity index (χ3v) is 2.67. The Morgan fingerprint density at radius 1 is 1.50 bits per heavy atom. The van der Waals surface area contributed by atoms with Crippen LogP contribution in [0.5, 0.6) is 0 Å². The SMILES string of the molecule is C=C1[NH+]=c2ccc(C(=O)OCC)cc2=C1C. The van der Waals surface area contributed by atoms with E-state index < -0.39 is 0 Å². The van der Waals surface area contributed by atoms with Gasteiger partial charge in [0.1, 0.15) is 0 Å². The number of nitrogens with one attached hydrogen (secondary N) is 1. The van der Waals surface area contributed by atoms with Crippen LogP contribution < -0.4 is 15.6 Å². The highest BCUT2D eigenvalue weighted by atomic mass is 16.5. The van der Waals surface area contributed by atoms with Crippen molar-refractivity contribution in [3.8, 4) is 0 Å². The van der Waals surface area contributed by atoms with Crippen molar-refractivity contribution in [3.63, 3.8) is 0 Å². The molecule has 0 spiro atoms. The summed E-state index contributed by atoms with van der Waals surface area (Å²) in [5.41, 5.74) is 2.54. The second kappa shape index (κ2) is 3.93. The molecule has 3 heteroatoms. The van der Waals surface area contributed by atoms with Crippen LogP contribution in [0.15, 0.2) is 30.5 Å². The molecule has 82 valence electrons. The number of allylic oxidation sites excluding steroid dienone is 1. The Bertz CT molecular complexity index is 584. The topological polar surface area (TPSA) is 40.3 Å². The van der Waals surface area contributed by atoms with Crippen molar-refractivity contribution in [2.75, 3.05) is 6.61 Å². The molecular weight excluding hydrogens is 202 g/mol. The minimum absolute atomic E-state index is 0.282. The molecule has 3 nitrogen and oxygen atoms in total. The van der Waals surface area contributed by atoms with Gasteiger partial charge in [0.2, 0.25) is 11.1 Å². The molecule has 0 fully saturated rings. The summed E-state index contributed by atoms with van der Waals surface area (Å²) >= 11 is 0. The van der Waals surface area contributed by atoms with E-state index in [1.165, 1.54) is 0 Å². The first kappa shape index (κ1) is 10.6. The van der Waals surface area contributed by atoms with Gasteiger partial charge in [0, 0.05) is 11.6 Å². The molecule has 0 amide bonds. The van der Waals surface area contributed by atoms with Crippen LogP contribution in [0, 0.1) is 0 Å². The van der Waals surface area contributed by atoms with E-state index >= 15 is 0 Å². The first-order valence-electron chi connectivity index (χ1n) is 5.25. The molecule has 1 heterocycles. The second-order valence-electron chi connectivity index (χ2n) is 3.71. The monoisotopic (exact) mass is 216 g/mol. The van der Waals surface area contributed by atoms with Gasteiger partial charge in [-0.15, -0.1) is 0 Å². The maximum absolute atomic E-state index is 11.6. The van der Waals surface area contributed by atoms with Crippen molar-refractivity contribution >= 4 is 11.5 Å². The first-order chi connectivity index (χ1) is 7.63. The molecule has 0 unspecified atom stereocenters. The number of benzene rings is 1. The molecule has 0 bridgehead atoms. The Morgan fingerprint density at radius 2 is 2.25 bits per heavy atom. The normalized spacial score (nSPS) is 13.4. The maximum Gasteiger partial charge on any atom is 0.338 e. The zero-order valence-electron chi connectivity index (χ0n) is 9.46. The van der Waals surface area contributed by atoms with E-state index in [0.29, 0.717) is 12.2 Å². The van der Waals surface area contributed by atoms with Gasteiger partial charge in [-0.05, 0) is 32.6 Å². The van der Waals surface area contributed by atoms with Crippen LogP contribution in [-0.2, 0) is 4.74 Å². The van der Waals surface area contributed by atoms with Crippen molar-refractivity contribution in [2.24, 2.45) is 0 Å². The zero-order chi connectivity index (χ0) is 11.7. The average Bonchev–Trinajstić information content (AvgIpc) is 2.55. The largest absolute Gasteiger partial charge is 0.462 e. The second-order valence-corrected chi connectivity index (χ2v) is 3.71. The fraction of sp³-hybridized carbons (Fsp3) is 0.231. The fourth-order valence-corrected chi connectivity index (χ4v) is 1.72. The van der Waals surface area contributed by atoms with Crippen molar-refractivity contribution in [1.82, 2.24) is 0 Å². The lowest BCUT2D eigenvalue weighted by Gasteiger charge is -1.99. The van der Waals surface area contributed by atoms with Crippen molar-refractivity contribution < 1.29 is 14.5 Å². The standard InChI is InChI=1S/C13H13NO2/c1-4-16-13(15)10-5-6-12-11(7-10)8(2)9(3)14-12/h5-7H,3-4H2,1-2H3/p+1. The van der Waals surface area contributed by atoms with Crippen LogP contribution in [0.3, 0.4) is 0 Å². The maximum atomic E-state index is 11.6. The molecule has 1 aliphatic heterocycles. The lowest BCUT2D eigenvalue weighted by molar-refractivity contribution is -0.431. The molecule has 0 saturated carbocycles. The van der Waals surface area contributed by atoms with Gasteiger partial charge in [0.25, 0.3) is 0 Å². The summed E-state index contributed by atoms with van der Waals surface area (Å²) in [5, 5.41) is 2.02. The Balaban J connectivity index is 2.55. The van der Waals surface area contributed by atoms with Crippen molar-refractivity contribution in [3.05, 3.63) is 46.6 Å². The number of carbonyl (C=O) groups is 1. The number of ether oxygens (including phenoxy) is 1. The van der Waals surface area contributed by atoms with Crippen LogP contribution in [0.4, 0.5) is 0 Å². The van der Waals surface area contributed by atoms with E-state index in [1.54, 1.807) is 13.0 Å². The molecule has 1 aromatic carbocycles. The Kier molecular flexibility index (Phi) is 2.60. The molecule has 0 aromatic heterocycles. The fourth-order valence-electron chi connectivity index (χ4n) is 1.72. The molecule has 2 rings (SSSR count). The van der Waals surface area contributed by atoms with Crippen molar-refractivity contribution in [1.29, 1.82) is 0 Å². The number of carbonyl (C=O) groups excluding carboxylic acids is 1. The first-order valence-corrected chi connectivity index (χ1v) is 5.25. The molecule has 0 aliphatic carbocycles. The average molecular weight is 216 g/mol. The Hall–Kier alpha value is -1.90. The third-order valence-electron chi connectivity index (χ3n) is 2.67. The summed E-state index contributed by atoms with van der Waals surface area (Å²) in [5.74, 6) is -0.282. The molecule has 16 heavy (non-hydrogen) atoms. The minimum Gasteiger partial charge on any atom is -0.462 e. The number of rotatable bonds is 2. The van der Waals surface area contributed by atoms with Gasteiger partial charge in [-0.25, -0.2) is 9.79 Å². The highest BCUT2D eigenvalue weighted by Gasteiger charge is 2.15. The number of hydrogen-bond donors (Lipinski definition) is 1. The van der Waals surface area contributed by atoms with Gasteiger partial charge < -0.3 is 4.74 Å². The predicted molar refractivity (Wildman–Crippen MR) is 59.9 cm³/mol. The van der Waals surface area contributed by atoms with E-state index in [9.17, 15) is 4.79 Å².